The SMILES string of the molecule is Oc1cc2c(s1)CN(c1ccccc1)CN2O. The molecule has 17 heavy (non-hydrogen) atoms. The summed E-state index contributed by atoms with van der Waals surface area (Å²) in [6, 6.07) is 11.5. The third kappa shape index (κ3) is 1.83. The lowest BCUT2D eigenvalue weighted by molar-refractivity contribution is 0.247. The first-order valence-electron chi connectivity index (χ1n) is 5.32. The zero-order valence-corrected chi connectivity index (χ0v) is 9.89. The van der Waals surface area contributed by atoms with Gasteiger partial charge in [0.05, 0.1) is 17.1 Å². The van der Waals surface area contributed by atoms with E-state index in [-0.39, 0.29) is 5.06 Å². The summed E-state index contributed by atoms with van der Waals surface area (Å²) in [4.78, 5) is 3.03. The van der Waals surface area contributed by atoms with Crippen LogP contribution in [0.1, 0.15) is 4.88 Å². The Labute approximate surface area is 103 Å². The highest BCUT2D eigenvalue weighted by atomic mass is 32.1. The molecule has 0 amide bonds. The normalized spacial score (nSPS) is 14.9. The van der Waals surface area contributed by atoms with Gasteiger partial charge in [-0.1, -0.05) is 18.2 Å². The predicted octanol–water partition coefficient (Wildman–Crippen LogP) is 2.63. The van der Waals surface area contributed by atoms with Crippen molar-refractivity contribution in [3.05, 3.63) is 41.3 Å². The molecule has 0 saturated carbocycles. The van der Waals surface area contributed by atoms with Crippen LogP contribution in [-0.4, -0.2) is 17.0 Å². The smallest absolute Gasteiger partial charge is 0.173 e. The average molecular weight is 248 g/mol. The monoisotopic (exact) mass is 248 g/mol. The van der Waals surface area contributed by atoms with Crippen LogP contribution in [-0.2, 0) is 6.54 Å². The molecule has 1 aliphatic heterocycles. The number of nitrogens with zero attached hydrogens (tertiary/aromatic N) is 2. The van der Waals surface area contributed by atoms with Crippen molar-refractivity contribution in [3.8, 4) is 5.06 Å². The van der Waals surface area contributed by atoms with Gasteiger partial charge in [-0.3, -0.25) is 5.21 Å². The first-order chi connectivity index (χ1) is 8.24. The van der Waals surface area contributed by atoms with Crippen molar-refractivity contribution in [1.82, 2.24) is 0 Å². The molecule has 5 heteroatoms. The topological polar surface area (TPSA) is 46.9 Å². The van der Waals surface area contributed by atoms with E-state index in [0.717, 1.165) is 10.6 Å². The molecule has 1 aromatic carbocycles. The second-order valence-electron chi connectivity index (χ2n) is 3.97. The fourth-order valence-corrected chi connectivity index (χ4v) is 2.92. The summed E-state index contributed by atoms with van der Waals surface area (Å²) in [5.41, 5.74) is 1.77. The van der Waals surface area contributed by atoms with Gasteiger partial charge in [0.25, 0.3) is 0 Å². The second-order valence-corrected chi connectivity index (χ2v) is 5.08. The van der Waals surface area contributed by atoms with Gasteiger partial charge in [0, 0.05) is 11.8 Å². The minimum Gasteiger partial charge on any atom is -0.499 e. The Bertz CT molecular complexity index is 527. The summed E-state index contributed by atoms with van der Waals surface area (Å²) in [7, 11) is 0. The van der Waals surface area contributed by atoms with Crippen LogP contribution in [0.2, 0.25) is 0 Å². The van der Waals surface area contributed by atoms with Crippen LogP contribution in [0, 0.1) is 0 Å². The van der Waals surface area contributed by atoms with E-state index in [0.29, 0.717) is 18.9 Å². The number of aromatic hydroxyl groups is 1. The number of benzene rings is 1. The molecule has 0 bridgehead atoms. The summed E-state index contributed by atoms with van der Waals surface area (Å²) >= 11 is 1.30. The Kier molecular flexibility index (Phi) is 2.42. The number of para-hydroxylation sites is 1. The van der Waals surface area contributed by atoms with Gasteiger partial charge in [-0.05, 0) is 12.1 Å². The van der Waals surface area contributed by atoms with E-state index in [2.05, 4.69) is 4.90 Å². The molecular formula is C12H12N2O2S. The van der Waals surface area contributed by atoms with Crippen LogP contribution in [0.3, 0.4) is 0 Å². The van der Waals surface area contributed by atoms with Crippen LogP contribution in [0.25, 0.3) is 0 Å². The van der Waals surface area contributed by atoms with Crippen LogP contribution in [0.4, 0.5) is 11.4 Å². The van der Waals surface area contributed by atoms with Crippen LogP contribution in [0.5, 0.6) is 5.06 Å². The summed E-state index contributed by atoms with van der Waals surface area (Å²) in [5.74, 6) is 0. The van der Waals surface area contributed by atoms with Crippen molar-refractivity contribution in [1.29, 1.82) is 0 Å². The number of thiophene rings is 1. The Morgan fingerprint density at radius 3 is 2.71 bits per heavy atom. The van der Waals surface area contributed by atoms with Gasteiger partial charge in [0.15, 0.2) is 5.06 Å². The van der Waals surface area contributed by atoms with Gasteiger partial charge in [0.1, 0.15) is 6.67 Å². The van der Waals surface area contributed by atoms with Crippen molar-refractivity contribution in [2.75, 3.05) is 16.6 Å². The maximum Gasteiger partial charge on any atom is 0.173 e. The third-order valence-corrected chi connectivity index (χ3v) is 3.72. The third-order valence-electron chi connectivity index (χ3n) is 2.81. The summed E-state index contributed by atoms with van der Waals surface area (Å²) in [5, 5.41) is 20.8. The number of fused-ring (bicyclic) bond motifs is 1. The molecule has 0 spiro atoms. The van der Waals surface area contributed by atoms with Gasteiger partial charge in [-0.25, -0.2) is 5.06 Å². The molecule has 1 aromatic heterocycles. The summed E-state index contributed by atoms with van der Waals surface area (Å²) < 4.78 is 0. The molecule has 88 valence electrons. The maximum absolute atomic E-state index is 9.89. The van der Waals surface area contributed by atoms with Gasteiger partial charge in [-0.2, -0.15) is 0 Å². The lowest BCUT2D eigenvalue weighted by Gasteiger charge is -2.33. The lowest BCUT2D eigenvalue weighted by atomic mass is 10.2. The largest absolute Gasteiger partial charge is 0.499 e. The second kappa shape index (κ2) is 3.94. The molecule has 0 saturated heterocycles. The average Bonchev–Trinajstić information content (AvgIpc) is 2.71. The van der Waals surface area contributed by atoms with Crippen molar-refractivity contribution >= 4 is 22.7 Å². The quantitative estimate of drug-likeness (QED) is 0.814. The number of hydroxylamine groups is 1. The van der Waals surface area contributed by atoms with E-state index in [1.807, 2.05) is 30.3 Å². The van der Waals surface area contributed by atoms with Crippen molar-refractivity contribution in [3.63, 3.8) is 0 Å². The van der Waals surface area contributed by atoms with Gasteiger partial charge in [-0.15, -0.1) is 11.3 Å². The van der Waals surface area contributed by atoms with E-state index in [1.165, 1.54) is 16.4 Å². The fraction of sp³-hybridized carbons (Fsp3) is 0.167. The van der Waals surface area contributed by atoms with E-state index in [9.17, 15) is 10.3 Å². The zero-order chi connectivity index (χ0) is 11.8. The Morgan fingerprint density at radius 2 is 1.94 bits per heavy atom. The lowest BCUT2D eigenvalue weighted by Crippen LogP contribution is -2.39. The van der Waals surface area contributed by atoms with E-state index < -0.39 is 0 Å². The highest BCUT2D eigenvalue weighted by molar-refractivity contribution is 7.14. The van der Waals surface area contributed by atoms with Crippen molar-refractivity contribution in [2.45, 2.75) is 6.54 Å². The van der Waals surface area contributed by atoms with Crippen LogP contribution >= 0.6 is 11.3 Å². The Morgan fingerprint density at radius 1 is 1.18 bits per heavy atom. The molecule has 4 nitrogen and oxygen atoms in total. The van der Waals surface area contributed by atoms with Crippen molar-refractivity contribution < 1.29 is 10.3 Å². The fourth-order valence-electron chi connectivity index (χ4n) is 2.01. The number of hydrogen-bond donors (Lipinski definition) is 2. The minimum atomic E-state index is 0.240. The molecule has 2 N–H and O–H groups in total. The first-order valence-corrected chi connectivity index (χ1v) is 6.14. The number of anilines is 2. The standard InChI is InChI=1S/C12H12N2O2S/c15-12-6-10-11(17-12)7-13(8-14(10)16)9-4-2-1-3-5-9/h1-6,15-16H,7-8H2. The van der Waals surface area contributed by atoms with E-state index >= 15 is 0 Å². The minimum absolute atomic E-state index is 0.240. The molecular weight excluding hydrogens is 236 g/mol. The number of hydrogen-bond acceptors (Lipinski definition) is 5. The molecule has 2 aromatic rings. The molecule has 2 heterocycles. The Hall–Kier alpha value is -1.72. The summed E-state index contributed by atoms with van der Waals surface area (Å²) in [6.45, 7) is 1.12. The molecule has 0 aliphatic carbocycles. The van der Waals surface area contributed by atoms with Gasteiger partial charge >= 0.3 is 0 Å². The highest BCUT2D eigenvalue weighted by Crippen LogP contribution is 2.38. The van der Waals surface area contributed by atoms with E-state index in [1.54, 1.807) is 6.07 Å². The molecule has 0 unspecified atom stereocenters. The molecule has 3 rings (SSSR count). The van der Waals surface area contributed by atoms with Gasteiger partial charge in [0.2, 0.25) is 0 Å². The molecule has 1 aliphatic rings. The Balaban J connectivity index is 1.93. The molecule has 0 fully saturated rings. The maximum atomic E-state index is 9.89. The zero-order valence-electron chi connectivity index (χ0n) is 9.08. The van der Waals surface area contributed by atoms with E-state index in [4.69, 9.17) is 0 Å². The summed E-state index contributed by atoms with van der Waals surface area (Å²) in [6.07, 6.45) is 0. The predicted molar refractivity (Wildman–Crippen MR) is 67.7 cm³/mol. The first kappa shape index (κ1) is 10.4. The van der Waals surface area contributed by atoms with Crippen LogP contribution < -0.4 is 9.96 Å². The highest BCUT2D eigenvalue weighted by Gasteiger charge is 2.24. The van der Waals surface area contributed by atoms with Crippen molar-refractivity contribution in [2.24, 2.45) is 0 Å². The van der Waals surface area contributed by atoms with Crippen LogP contribution in [0.15, 0.2) is 36.4 Å². The molecule has 0 radical (unpaired) electrons. The van der Waals surface area contributed by atoms with Gasteiger partial charge < -0.3 is 10.0 Å². The number of rotatable bonds is 1. The molecule has 0 atom stereocenters.